The summed E-state index contributed by atoms with van der Waals surface area (Å²) >= 11 is 2.15. The number of hydrogen-bond acceptors (Lipinski definition) is 4. The van der Waals surface area contributed by atoms with E-state index in [2.05, 4.69) is 27.9 Å². The minimum absolute atomic E-state index is 0.113. The van der Waals surface area contributed by atoms with Crippen LogP contribution < -0.4 is 10.1 Å². The van der Waals surface area contributed by atoms with Crippen LogP contribution in [0.4, 0.5) is 5.69 Å². The molecular weight excluding hydrogens is 575 g/mol. The summed E-state index contributed by atoms with van der Waals surface area (Å²) in [5, 5.41) is 15.9. The number of hydrogen-bond donors (Lipinski definition) is 1. The second-order valence-corrected chi connectivity index (χ2v) is 9.49. The van der Waals surface area contributed by atoms with Crippen LogP contribution in [-0.2, 0) is 4.79 Å². The topological polar surface area (TPSA) is 79.2 Å². The van der Waals surface area contributed by atoms with E-state index in [1.54, 1.807) is 18.2 Å². The third-order valence-corrected chi connectivity index (χ3v) is 6.55. The molecule has 1 amide bonds. The Labute approximate surface area is 227 Å². The lowest BCUT2D eigenvalue weighted by Crippen LogP contribution is -2.14. The average molecular weight is 594 g/mol. The Kier molecular flexibility index (Phi) is 6.97. The van der Waals surface area contributed by atoms with Crippen LogP contribution >= 0.6 is 22.6 Å². The van der Waals surface area contributed by atoms with E-state index in [0.717, 1.165) is 25.1 Å². The summed E-state index contributed by atoms with van der Waals surface area (Å²) in [6.45, 7) is 0. The lowest BCUT2D eigenvalue weighted by molar-refractivity contribution is -0.112. The van der Waals surface area contributed by atoms with Gasteiger partial charge in [0.15, 0.2) is 0 Å². The van der Waals surface area contributed by atoms with Gasteiger partial charge in [-0.05, 0) is 80.5 Å². The van der Waals surface area contributed by atoms with Gasteiger partial charge in [0.05, 0.1) is 5.56 Å². The molecule has 0 aliphatic carbocycles. The second-order valence-electron chi connectivity index (χ2n) is 8.25. The Balaban J connectivity index is 1.56. The zero-order valence-electron chi connectivity index (χ0n) is 19.4. The molecule has 0 aromatic heterocycles. The monoisotopic (exact) mass is 594 g/mol. The van der Waals surface area contributed by atoms with Gasteiger partial charge >= 0.3 is 5.97 Å². The van der Waals surface area contributed by atoms with Crippen molar-refractivity contribution in [2.45, 2.75) is 0 Å². The molecule has 5 aromatic carbocycles. The number of nitriles is 1. The molecule has 0 fully saturated rings. The number of anilines is 1. The highest BCUT2D eigenvalue weighted by Crippen LogP contribution is 2.32. The smallest absolute Gasteiger partial charge is 0.344 e. The highest BCUT2D eigenvalue weighted by Gasteiger charge is 2.18. The molecule has 0 atom stereocenters. The molecule has 178 valence electrons. The van der Waals surface area contributed by atoms with Crippen molar-refractivity contribution >= 4 is 67.8 Å². The maximum Gasteiger partial charge on any atom is 0.344 e. The summed E-state index contributed by atoms with van der Waals surface area (Å²) in [5.74, 6) is -0.821. The van der Waals surface area contributed by atoms with E-state index < -0.39 is 11.9 Å². The number of rotatable bonds is 5. The van der Waals surface area contributed by atoms with Crippen molar-refractivity contribution in [1.29, 1.82) is 5.26 Å². The normalized spacial score (nSPS) is 11.2. The van der Waals surface area contributed by atoms with Gasteiger partial charge in [-0.2, -0.15) is 5.26 Å². The Bertz CT molecular complexity index is 1750. The van der Waals surface area contributed by atoms with Crippen molar-refractivity contribution in [2.24, 2.45) is 0 Å². The van der Waals surface area contributed by atoms with Crippen LogP contribution in [0.3, 0.4) is 0 Å². The van der Waals surface area contributed by atoms with Crippen LogP contribution in [0.15, 0.2) is 109 Å². The van der Waals surface area contributed by atoms with Crippen LogP contribution in [0.1, 0.15) is 15.9 Å². The number of nitrogens with zero attached hydrogens (tertiary/aromatic N) is 1. The van der Waals surface area contributed by atoms with Crippen LogP contribution in [0.25, 0.3) is 27.6 Å². The van der Waals surface area contributed by atoms with Crippen molar-refractivity contribution in [3.05, 3.63) is 123 Å². The first-order valence-corrected chi connectivity index (χ1v) is 12.5. The average Bonchev–Trinajstić information content (AvgIpc) is 2.92. The first-order valence-electron chi connectivity index (χ1n) is 11.4. The molecular formula is C31H19IN2O3. The first kappa shape index (κ1) is 24.2. The zero-order chi connectivity index (χ0) is 25.8. The molecule has 0 unspecified atom stereocenters. The van der Waals surface area contributed by atoms with Crippen molar-refractivity contribution < 1.29 is 14.3 Å². The maximum atomic E-state index is 13.3. The van der Waals surface area contributed by atoms with E-state index in [9.17, 15) is 14.9 Å². The molecule has 6 heteroatoms. The Morgan fingerprint density at radius 2 is 1.49 bits per heavy atom. The molecule has 0 heterocycles. The minimum atomic E-state index is -0.552. The van der Waals surface area contributed by atoms with E-state index in [-0.39, 0.29) is 11.3 Å². The molecule has 0 aliphatic rings. The fourth-order valence-corrected chi connectivity index (χ4v) is 4.67. The molecule has 0 spiro atoms. The standard InChI is InChI=1S/C31H19IN2O3/c32-23-10-6-11-24(18-23)34-30(35)22(19-33)17-28-26-13-4-2-8-21(26)15-16-29(28)37-31(36)27-14-5-9-20-7-1-3-12-25(20)27/h1-18H,(H,34,35)/b22-17+. The lowest BCUT2D eigenvalue weighted by atomic mass is 10.0. The number of esters is 1. The van der Waals surface area contributed by atoms with E-state index >= 15 is 0 Å². The van der Waals surface area contributed by atoms with Crippen molar-refractivity contribution in [1.82, 2.24) is 0 Å². The summed E-state index contributed by atoms with van der Waals surface area (Å²) < 4.78 is 6.83. The third-order valence-electron chi connectivity index (χ3n) is 5.88. The molecule has 5 aromatic rings. The van der Waals surface area contributed by atoms with E-state index in [1.807, 2.05) is 91.0 Å². The van der Waals surface area contributed by atoms with Crippen molar-refractivity contribution in [2.75, 3.05) is 5.32 Å². The second kappa shape index (κ2) is 10.6. The molecule has 5 nitrogen and oxygen atoms in total. The molecule has 0 aliphatic heterocycles. The van der Waals surface area contributed by atoms with Crippen molar-refractivity contribution in [3.8, 4) is 11.8 Å². The van der Waals surface area contributed by atoms with E-state index in [0.29, 0.717) is 16.8 Å². The van der Waals surface area contributed by atoms with Crippen LogP contribution in [0.2, 0.25) is 0 Å². The van der Waals surface area contributed by atoms with Gasteiger partial charge in [-0.3, -0.25) is 4.79 Å². The van der Waals surface area contributed by atoms with Crippen LogP contribution in [0, 0.1) is 14.9 Å². The number of carbonyl (C=O) groups is 2. The Morgan fingerprint density at radius 3 is 2.24 bits per heavy atom. The quantitative estimate of drug-likeness (QED) is 0.0759. The van der Waals surface area contributed by atoms with Gasteiger partial charge in [-0.15, -0.1) is 0 Å². The maximum absolute atomic E-state index is 13.3. The largest absolute Gasteiger partial charge is 0.422 e. The van der Waals surface area contributed by atoms with Gasteiger partial charge in [0.2, 0.25) is 0 Å². The summed E-state index contributed by atoms with van der Waals surface area (Å²) in [4.78, 5) is 26.3. The number of fused-ring (bicyclic) bond motifs is 2. The highest BCUT2D eigenvalue weighted by molar-refractivity contribution is 14.1. The predicted octanol–water partition coefficient (Wildman–Crippen LogP) is 7.36. The summed E-state index contributed by atoms with van der Waals surface area (Å²) in [6, 6.07) is 33.4. The van der Waals surface area contributed by atoms with Gasteiger partial charge in [0.25, 0.3) is 5.91 Å². The SMILES string of the molecule is N#C/C(=C\c1c(OC(=O)c2cccc3ccccc23)ccc2ccccc12)C(=O)Nc1cccc(I)c1. The summed E-state index contributed by atoms with van der Waals surface area (Å²) in [6.07, 6.45) is 1.47. The van der Waals surface area contributed by atoms with Crippen LogP contribution in [0.5, 0.6) is 5.75 Å². The highest BCUT2D eigenvalue weighted by atomic mass is 127. The lowest BCUT2D eigenvalue weighted by Gasteiger charge is -2.13. The first-order chi connectivity index (χ1) is 18.0. The number of carbonyl (C=O) groups excluding carboxylic acids is 2. The number of nitrogens with one attached hydrogen (secondary N) is 1. The summed E-state index contributed by atoms with van der Waals surface area (Å²) in [7, 11) is 0. The van der Waals surface area contributed by atoms with Gasteiger partial charge in [-0.1, -0.05) is 72.8 Å². The van der Waals surface area contributed by atoms with Gasteiger partial charge in [-0.25, -0.2) is 4.79 Å². The molecule has 37 heavy (non-hydrogen) atoms. The predicted molar refractivity (Wildman–Crippen MR) is 154 cm³/mol. The Hall–Kier alpha value is -4.48. The Morgan fingerprint density at radius 1 is 0.811 bits per heavy atom. The van der Waals surface area contributed by atoms with Gasteiger partial charge in [0, 0.05) is 14.8 Å². The number of ether oxygens (including phenoxy) is 1. The van der Waals surface area contributed by atoms with Gasteiger partial charge < -0.3 is 10.1 Å². The molecule has 1 N–H and O–H groups in total. The zero-order valence-corrected chi connectivity index (χ0v) is 21.6. The van der Waals surface area contributed by atoms with Gasteiger partial charge in [0.1, 0.15) is 17.4 Å². The van der Waals surface area contributed by atoms with Crippen LogP contribution in [-0.4, -0.2) is 11.9 Å². The minimum Gasteiger partial charge on any atom is -0.422 e. The molecule has 5 rings (SSSR count). The molecule has 0 saturated heterocycles. The molecule has 0 saturated carbocycles. The fourth-order valence-electron chi connectivity index (χ4n) is 4.13. The number of halogens is 1. The number of benzene rings is 5. The molecule has 0 radical (unpaired) electrons. The number of amides is 1. The third kappa shape index (κ3) is 5.22. The molecule has 0 bridgehead atoms. The van der Waals surface area contributed by atoms with E-state index in [4.69, 9.17) is 4.74 Å². The van der Waals surface area contributed by atoms with E-state index in [1.165, 1.54) is 6.08 Å². The van der Waals surface area contributed by atoms with Crippen molar-refractivity contribution in [3.63, 3.8) is 0 Å². The summed E-state index contributed by atoms with van der Waals surface area (Å²) in [5.41, 5.74) is 1.37. The fraction of sp³-hybridized carbons (Fsp3) is 0.